The molecule has 0 saturated carbocycles. The van der Waals surface area contributed by atoms with E-state index in [1.807, 2.05) is 38.1 Å². The average molecular weight is 290 g/mol. The summed E-state index contributed by atoms with van der Waals surface area (Å²) in [6.07, 6.45) is 0.264. The molecule has 21 heavy (non-hydrogen) atoms. The van der Waals surface area contributed by atoms with Crippen molar-refractivity contribution in [3.8, 4) is 0 Å². The van der Waals surface area contributed by atoms with E-state index in [0.29, 0.717) is 13.2 Å². The van der Waals surface area contributed by atoms with Crippen LogP contribution in [-0.2, 0) is 14.3 Å². The van der Waals surface area contributed by atoms with Gasteiger partial charge in [-0.1, -0.05) is 18.2 Å². The highest BCUT2D eigenvalue weighted by atomic mass is 16.5. The number of para-hydroxylation sites is 1. The number of nitrogens with zero attached hydrogens (tertiary/aromatic N) is 1. The minimum atomic E-state index is -0.295. The normalized spacial score (nSPS) is 19.7. The van der Waals surface area contributed by atoms with Crippen molar-refractivity contribution in [3.05, 3.63) is 29.8 Å². The molecule has 2 amide bonds. The first kappa shape index (κ1) is 15.5. The van der Waals surface area contributed by atoms with E-state index in [4.69, 9.17) is 4.74 Å². The SMILES string of the molecule is COC[C@H](C)NC(=O)[C@H]1CC(=O)N(c2ccccc2C)C1. The Kier molecular flexibility index (Phi) is 4.96. The van der Waals surface area contributed by atoms with Crippen LogP contribution in [0.2, 0.25) is 0 Å². The van der Waals surface area contributed by atoms with Crippen molar-refractivity contribution >= 4 is 17.5 Å². The highest BCUT2D eigenvalue weighted by Gasteiger charge is 2.35. The Bertz CT molecular complexity index is 530. The molecule has 0 bridgehead atoms. The van der Waals surface area contributed by atoms with Gasteiger partial charge >= 0.3 is 0 Å². The van der Waals surface area contributed by atoms with Crippen LogP contribution in [-0.4, -0.2) is 38.1 Å². The Morgan fingerprint density at radius 3 is 2.86 bits per heavy atom. The third-order valence-electron chi connectivity index (χ3n) is 3.71. The molecule has 1 aromatic carbocycles. The molecular formula is C16H22N2O3. The van der Waals surface area contributed by atoms with Crippen molar-refractivity contribution in [1.29, 1.82) is 0 Å². The number of methoxy groups -OCH3 is 1. The Hall–Kier alpha value is -1.88. The van der Waals surface area contributed by atoms with E-state index in [1.54, 1.807) is 12.0 Å². The molecule has 0 aromatic heterocycles. The first-order valence-electron chi connectivity index (χ1n) is 7.18. The van der Waals surface area contributed by atoms with Gasteiger partial charge in [0.2, 0.25) is 11.8 Å². The minimum absolute atomic E-state index is 0.00356. The molecule has 5 heteroatoms. The lowest BCUT2D eigenvalue weighted by Gasteiger charge is -2.19. The lowest BCUT2D eigenvalue weighted by Crippen LogP contribution is -2.40. The fourth-order valence-corrected chi connectivity index (χ4v) is 2.63. The molecule has 0 aliphatic carbocycles. The molecule has 1 fully saturated rings. The summed E-state index contributed by atoms with van der Waals surface area (Å²) >= 11 is 0. The molecule has 1 N–H and O–H groups in total. The second kappa shape index (κ2) is 6.72. The van der Waals surface area contributed by atoms with Gasteiger partial charge in [-0.25, -0.2) is 0 Å². The van der Waals surface area contributed by atoms with Crippen LogP contribution in [0.5, 0.6) is 0 Å². The molecule has 2 atom stereocenters. The summed E-state index contributed by atoms with van der Waals surface area (Å²) < 4.78 is 5.00. The number of amides is 2. The van der Waals surface area contributed by atoms with Crippen LogP contribution in [0.4, 0.5) is 5.69 Å². The molecular weight excluding hydrogens is 268 g/mol. The number of hydrogen-bond donors (Lipinski definition) is 1. The van der Waals surface area contributed by atoms with Crippen molar-refractivity contribution in [2.45, 2.75) is 26.3 Å². The van der Waals surface area contributed by atoms with E-state index >= 15 is 0 Å². The maximum atomic E-state index is 12.2. The highest BCUT2D eigenvalue weighted by Crippen LogP contribution is 2.27. The van der Waals surface area contributed by atoms with Gasteiger partial charge in [0.05, 0.1) is 12.5 Å². The zero-order valence-corrected chi connectivity index (χ0v) is 12.8. The van der Waals surface area contributed by atoms with Gasteiger partial charge in [-0.3, -0.25) is 9.59 Å². The van der Waals surface area contributed by atoms with Crippen LogP contribution in [0, 0.1) is 12.8 Å². The van der Waals surface area contributed by atoms with Gasteiger partial charge in [0.1, 0.15) is 0 Å². The average Bonchev–Trinajstić information content (AvgIpc) is 2.81. The summed E-state index contributed by atoms with van der Waals surface area (Å²) in [6.45, 7) is 4.76. The van der Waals surface area contributed by atoms with Crippen LogP contribution in [0.3, 0.4) is 0 Å². The summed E-state index contributed by atoms with van der Waals surface area (Å²) in [4.78, 5) is 26.1. The van der Waals surface area contributed by atoms with Gasteiger partial charge in [-0.15, -0.1) is 0 Å². The summed E-state index contributed by atoms with van der Waals surface area (Å²) in [7, 11) is 1.60. The highest BCUT2D eigenvalue weighted by molar-refractivity contribution is 6.00. The summed E-state index contributed by atoms with van der Waals surface area (Å²) in [6, 6.07) is 7.68. The van der Waals surface area contributed by atoms with Gasteiger partial charge in [-0.05, 0) is 25.5 Å². The molecule has 1 aliphatic rings. The van der Waals surface area contributed by atoms with Crippen molar-refractivity contribution in [3.63, 3.8) is 0 Å². The van der Waals surface area contributed by atoms with Crippen LogP contribution >= 0.6 is 0 Å². The van der Waals surface area contributed by atoms with Crippen LogP contribution in [0.15, 0.2) is 24.3 Å². The third kappa shape index (κ3) is 3.61. The molecule has 5 nitrogen and oxygen atoms in total. The van der Waals surface area contributed by atoms with Gasteiger partial charge in [0.25, 0.3) is 0 Å². The maximum absolute atomic E-state index is 12.2. The quantitative estimate of drug-likeness (QED) is 0.894. The molecule has 1 aromatic rings. The Morgan fingerprint density at radius 2 is 2.19 bits per heavy atom. The molecule has 0 radical (unpaired) electrons. The fraction of sp³-hybridized carbons (Fsp3) is 0.500. The number of hydrogen-bond acceptors (Lipinski definition) is 3. The van der Waals surface area contributed by atoms with Crippen molar-refractivity contribution in [2.24, 2.45) is 5.92 Å². The van der Waals surface area contributed by atoms with E-state index in [2.05, 4.69) is 5.32 Å². The van der Waals surface area contributed by atoms with Crippen molar-refractivity contribution < 1.29 is 14.3 Å². The number of carbonyl (C=O) groups is 2. The number of benzene rings is 1. The lowest BCUT2D eigenvalue weighted by atomic mass is 10.1. The second-order valence-corrected chi connectivity index (χ2v) is 5.56. The number of ether oxygens (including phenoxy) is 1. The van der Waals surface area contributed by atoms with E-state index in [-0.39, 0.29) is 30.2 Å². The molecule has 114 valence electrons. The smallest absolute Gasteiger partial charge is 0.227 e. The summed E-state index contributed by atoms with van der Waals surface area (Å²) in [5, 5.41) is 2.89. The zero-order chi connectivity index (χ0) is 15.4. The monoisotopic (exact) mass is 290 g/mol. The van der Waals surface area contributed by atoms with Gasteiger partial charge in [0, 0.05) is 31.8 Å². The maximum Gasteiger partial charge on any atom is 0.227 e. The third-order valence-corrected chi connectivity index (χ3v) is 3.71. The first-order chi connectivity index (χ1) is 10.0. The first-order valence-corrected chi connectivity index (χ1v) is 7.18. The van der Waals surface area contributed by atoms with Crippen molar-refractivity contribution in [1.82, 2.24) is 5.32 Å². The lowest BCUT2D eigenvalue weighted by molar-refractivity contribution is -0.127. The van der Waals surface area contributed by atoms with Crippen molar-refractivity contribution in [2.75, 3.05) is 25.2 Å². The van der Waals surface area contributed by atoms with E-state index in [0.717, 1.165) is 11.3 Å². The Balaban J connectivity index is 2.03. The molecule has 1 aliphatic heterocycles. The van der Waals surface area contributed by atoms with Gasteiger partial charge in [-0.2, -0.15) is 0 Å². The fourth-order valence-electron chi connectivity index (χ4n) is 2.63. The minimum Gasteiger partial charge on any atom is -0.383 e. The molecule has 1 saturated heterocycles. The van der Waals surface area contributed by atoms with Gasteiger partial charge in [0.15, 0.2) is 0 Å². The van der Waals surface area contributed by atoms with E-state index in [9.17, 15) is 9.59 Å². The predicted molar refractivity (Wildman–Crippen MR) is 81.1 cm³/mol. The predicted octanol–water partition coefficient (Wildman–Crippen LogP) is 1.50. The Labute approximate surface area is 125 Å². The molecule has 0 unspecified atom stereocenters. The van der Waals surface area contributed by atoms with E-state index < -0.39 is 0 Å². The largest absolute Gasteiger partial charge is 0.383 e. The topological polar surface area (TPSA) is 58.6 Å². The number of rotatable bonds is 5. The van der Waals surface area contributed by atoms with Gasteiger partial charge < -0.3 is 15.0 Å². The zero-order valence-electron chi connectivity index (χ0n) is 12.8. The van der Waals surface area contributed by atoms with Crippen LogP contribution in [0.1, 0.15) is 18.9 Å². The second-order valence-electron chi connectivity index (χ2n) is 5.56. The Morgan fingerprint density at radius 1 is 1.48 bits per heavy atom. The summed E-state index contributed by atoms with van der Waals surface area (Å²) in [5.74, 6) is -0.371. The number of carbonyl (C=O) groups excluding carboxylic acids is 2. The standard InChI is InChI=1S/C16H22N2O3/c1-11-6-4-5-7-14(11)18-9-13(8-15(18)19)16(20)17-12(2)10-21-3/h4-7,12-13H,8-10H2,1-3H3,(H,17,20)/t12-,13-/m0/s1. The van der Waals surface area contributed by atoms with E-state index in [1.165, 1.54) is 0 Å². The van der Waals surface area contributed by atoms with Crippen LogP contribution < -0.4 is 10.2 Å². The number of anilines is 1. The summed E-state index contributed by atoms with van der Waals surface area (Å²) in [5.41, 5.74) is 1.93. The number of nitrogens with one attached hydrogen (secondary N) is 1. The molecule has 1 heterocycles. The van der Waals surface area contributed by atoms with Crippen LogP contribution in [0.25, 0.3) is 0 Å². The molecule has 2 rings (SSSR count). The molecule has 0 spiro atoms. The number of aryl methyl sites for hydroxylation is 1.